The highest BCUT2D eigenvalue weighted by molar-refractivity contribution is 5.99. The topological polar surface area (TPSA) is 50.2 Å². The van der Waals surface area contributed by atoms with Crippen molar-refractivity contribution < 1.29 is 0 Å². The number of hydrogen-bond donors (Lipinski definition) is 1. The van der Waals surface area contributed by atoms with E-state index in [1.54, 1.807) is 0 Å². The summed E-state index contributed by atoms with van der Waals surface area (Å²) in [6, 6.07) is 18.4. The van der Waals surface area contributed by atoms with E-state index in [0.717, 1.165) is 22.5 Å². The van der Waals surface area contributed by atoms with Gasteiger partial charge in [0.15, 0.2) is 0 Å². The second-order valence-corrected chi connectivity index (χ2v) is 6.18. The highest BCUT2D eigenvalue weighted by Gasteiger charge is 2.06. The molecule has 0 amide bonds. The largest absolute Gasteiger partial charge is 0.261 e. The molecule has 0 aliphatic heterocycles. The predicted octanol–water partition coefficient (Wildman–Crippen LogP) is 4.90. The molecule has 0 aliphatic rings. The van der Waals surface area contributed by atoms with Crippen LogP contribution in [0.15, 0.2) is 59.7 Å². The van der Waals surface area contributed by atoms with Gasteiger partial charge in [0.25, 0.3) is 0 Å². The normalized spacial score (nSPS) is 11.4. The molecule has 0 atom stereocenters. The van der Waals surface area contributed by atoms with E-state index in [9.17, 15) is 0 Å². The molecule has 0 spiro atoms. The van der Waals surface area contributed by atoms with E-state index in [-0.39, 0.29) is 0 Å². The number of rotatable bonds is 4. The van der Waals surface area contributed by atoms with Gasteiger partial charge in [-0.25, -0.2) is 9.97 Å². The van der Waals surface area contributed by atoms with Crippen LogP contribution in [0.5, 0.6) is 0 Å². The minimum Gasteiger partial charge on any atom is -0.261 e. The molecule has 126 valence electrons. The summed E-state index contributed by atoms with van der Waals surface area (Å²) in [6.45, 7) is 8.03. The van der Waals surface area contributed by atoms with Gasteiger partial charge in [0.1, 0.15) is 11.6 Å². The van der Waals surface area contributed by atoms with Gasteiger partial charge in [-0.3, -0.25) is 5.43 Å². The van der Waals surface area contributed by atoms with E-state index >= 15 is 0 Å². The Balaban J connectivity index is 1.87. The first kappa shape index (κ1) is 16.8. The first-order valence-corrected chi connectivity index (χ1v) is 8.32. The Morgan fingerprint density at radius 2 is 1.64 bits per heavy atom. The van der Waals surface area contributed by atoms with Gasteiger partial charge in [-0.15, -0.1) is 0 Å². The minimum atomic E-state index is 0.692. The van der Waals surface area contributed by atoms with Crippen molar-refractivity contribution in [2.75, 3.05) is 5.43 Å². The Labute approximate surface area is 148 Å². The molecule has 0 unspecified atom stereocenters. The van der Waals surface area contributed by atoms with E-state index < -0.39 is 0 Å². The van der Waals surface area contributed by atoms with Gasteiger partial charge in [-0.1, -0.05) is 54.1 Å². The fourth-order valence-electron chi connectivity index (χ4n) is 2.62. The summed E-state index contributed by atoms with van der Waals surface area (Å²) in [5.41, 5.74) is 9.49. The number of hydrogen-bond acceptors (Lipinski definition) is 4. The first-order chi connectivity index (χ1) is 12.0. The molecule has 4 nitrogen and oxygen atoms in total. The molecule has 3 aromatic rings. The summed E-state index contributed by atoms with van der Waals surface area (Å²) in [5, 5.41) is 4.47. The van der Waals surface area contributed by atoms with Gasteiger partial charge in [-0.05, 0) is 38.8 Å². The van der Waals surface area contributed by atoms with Crippen LogP contribution in [0, 0.1) is 20.8 Å². The molecule has 25 heavy (non-hydrogen) atoms. The van der Waals surface area contributed by atoms with E-state index in [0.29, 0.717) is 11.6 Å². The van der Waals surface area contributed by atoms with Crippen LogP contribution in [0.25, 0.3) is 11.3 Å². The molecule has 0 saturated carbocycles. The molecular weight excluding hydrogens is 308 g/mol. The Morgan fingerprint density at radius 3 is 2.36 bits per heavy atom. The zero-order valence-electron chi connectivity index (χ0n) is 15.0. The average Bonchev–Trinajstić information content (AvgIpc) is 2.60. The Hall–Kier alpha value is -3.01. The lowest BCUT2D eigenvalue weighted by Crippen LogP contribution is -2.03. The standard InChI is InChI=1S/C21H22N4/c1-14-9-11-18(12-10-14)16(3)24-25-21-13-20(22-17(4)23-21)19-8-6-5-7-15(19)2/h5-13H,1-4H3,(H,22,23,25)/b24-16+. The maximum Gasteiger partial charge on any atom is 0.150 e. The van der Waals surface area contributed by atoms with Gasteiger partial charge >= 0.3 is 0 Å². The molecule has 0 radical (unpaired) electrons. The fourth-order valence-corrected chi connectivity index (χ4v) is 2.62. The fraction of sp³-hybridized carbons (Fsp3) is 0.190. The second kappa shape index (κ2) is 7.26. The lowest BCUT2D eigenvalue weighted by atomic mass is 10.1. The van der Waals surface area contributed by atoms with Crippen molar-refractivity contribution in [1.82, 2.24) is 9.97 Å². The third-order valence-corrected chi connectivity index (χ3v) is 4.07. The van der Waals surface area contributed by atoms with Crippen LogP contribution < -0.4 is 5.43 Å². The van der Waals surface area contributed by atoms with Crippen LogP contribution in [-0.4, -0.2) is 15.7 Å². The quantitative estimate of drug-likeness (QED) is 0.546. The van der Waals surface area contributed by atoms with Crippen molar-refractivity contribution in [3.63, 3.8) is 0 Å². The van der Waals surface area contributed by atoms with Crippen molar-refractivity contribution in [1.29, 1.82) is 0 Å². The molecule has 1 N–H and O–H groups in total. The maximum atomic E-state index is 4.56. The Bertz CT molecular complexity index is 911. The van der Waals surface area contributed by atoms with Crippen LogP contribution in [-0.2, 0) is 0 Å². The summed E-state index contributed by atoms with van der Waals surface area (Å²) in [7, 11) is 0. The average molecular weight is 330 g/mol. The number of anilines is 1. The number of nitrogens with zero attached hydrogens (tertiary/aromatic N) is 3. The monoisotopic (exact) mass is 330 g/mol. The predicted molar refractivity (Wildman–Crippen MR) is 104 cm³/mol. The Morgan fingerprint density at radius 1 is 0.920 bits per heavy atom. The number of aromatic nitrogens is 2. The second-order valence-electron chi connectivity index (χ2n) is 6.18. The third-order valence-electron chi connectivity index (χ3n) is 4.07. The zero-order chi connectivity index (χ0) is 17.8. The highest BCUT2D eigenvalue weighted by atomic mass is 15.3. The van der Waals surface area contributed by atoms with Crippen molar-refractivity contribution in [2.24, 2.45) is 5.10 Å². The van der Waals surface area contributed by atoms with E-state index in [1.165, 1.54) is 11.1 Å². The molecule has 0 aliphatic carbocycles. The number of hydrazone groups is 1. The molecule has 0 bridgehead atoms. The van der Waals surface area contributed by atoms with Crippen molar-refractivity contribution in [3.8, 4) is 11.3 Å². The summed E-state index contributed by atoms with van der Waals surface area (Å²) in [6.07, 6.45) is 0. The van der Waals surface area contributed by atoms with Gasteiger partial charge in [0, 0.05) is 11.6 Å². The summed E-state index contributed by atoms with van der Waals surface area (Å²) >= 11 is 0. The van der Waals surface area contributed by atoms with Crippen molar-refractivity contribution in [2.45, 2.75) is 27.7 Å². The Kier molecular flexibility index (Phi) is 4.89. The SMILES string of the molecule is C/C(=N\Nc1cc(-c2ccccc2C)nc(C)n1)c1ccc(C)cc1. The van der Waals surface area contributed by atoms with Crippen LogP contribution in [0.2, 0.25) is 0 Å². The van der Waals surface area contributed by atoms with Gasteiger partial charge in [-0.2, -0.15) is 5.10 Å². The van der Waals surface area contributed by atoms with E-state index in [2.05, 4.69) is 70.7 Å². The highest BCUT2D eigenvalue weighted by Crippen LogP contribution is 2.23. The van der Waals surface area contributed by atoms with Crippen molar-refractivity contribution >= 4 is 11.5 Å². The molecule has 0 fully saturated rings. The molecule has 2 aromatic carbocycles. The molecule has 1 heterocycles. The number of aryl methyl sites for hydroxylation is 3. The van der Waals surface area contributed by atoms with Crippen molar-refractivity contribution in [3.05, 3.63) is 77.1 Å². The van der Waals surface area contributed by atoms with E-state index in [1.807, 2.05) is 32.0 Å². The summed E-state index contributed by atoms with van der Waals surface area (Å²) < 4.78 is 0. The summed E-state index contributed by atoms with van der Waals surface area (Å²) in [5.74, 6) is 1.41. The van der Waals surface area contributed by atoms with Gasteiger partial charge in [0.05, 0.1) is 11.4 Å². The maximum absolute atomic E-state index is 4.56. The minimum absolute atomic E-state index is 0.692. The van der Waals surface area contributed by atoms with Gasteiger partial charge < -0.3 is 0 Å². The van der Waals surface area contributed by atoms with Crippen LogP contribution in [0.4, 0.5) is 5.82 Å². The van der Waals surface area contributed by atoms with Crippen LogP contribution in [0.3, 0.4) is 0 Å². The molecule has 3 rings (SSSR count). The zero-order valence-corrected chi connectivity index (χ0v) is 15.0. The first-order valence-electron chi connectivity index (χ1n) is 8.32. The van der Waals surface area contributed by atoms with Gasteiger partial charge in [0.2, 0.25) is 0 Å². The molecule has 4 heteroatoms. The smallest absolute Gasteiger partial charge is 0.150 e. The lowest BCUT2D eigenvalue weighted by Gasteiger charge is -2.09. The molecule has 1 aromatic heterocycles. The molecular formula is C21H22N4. The molecule has 0 saturated heterocycles. The van der Waals surface area contributed by atoms with E-state index in [4.69, 9.17) is 0 Å². The van der Waals surface area contributed by atoms with Crippen LogP contribution >= 0.6 is 0 Å². The lowest BCUT2D eigenvalue weighted by molar-refractivity contribution is 1.05. The number of nitrogens with one attached hydrogen (secondary N) is 1. The van der Waals surface area contributed by atoms with Crippen LogP contribution in [0.1, 0.15) is 29.4 Å². The third kappa shape index (κ3) is 4.10. The summed E-state index contributed by atoms with van der Waals surface area (Å²) in [4.78, 5) is 9.00. The number of benzene rings is 2.